The maximum Gasteiger partial charge on any atom is 0.151 e. The van der Waals surface area contributed by atoms with Crippen LogP contribution in [0.5, 0.6) is 0 Å². The number of benzene rings is 1. The number of fused-ring (bicyclic) bond motifs is 7. The number of aromatic amines is 1. The highest BCUT2D eigenvalue weighted by atomic mass is 19.1. The van der Waals surface area contributed by atoms with Crippen molar-refractivity contribution < 1.29 is 9.50 Å². The van der Waals surface area contributed by atoms with Gasteiger partial charge in [-0.1, -0.05) is 6.92 Å². The maximum absolute atomic E-state index is 14.7. The van der Waals surface area contributed by atoms with Gasteiger partial charge in [0.1, 0.15) is 5.52 Å². The second kappa shape index (κ2) is 4.85. The molecule has 2 aromatic rings. The summed E-state index contributed by atoms with van der Waals surface area (Å²) in [4.78, 5) is 0. The van der Waals surface area contributed by atoms with E-state index in [-0.39, 0.29) is 11.2 Å². The molecule has 4 heteroatoms. The Balaban J connectivity index is 1.63. The van der Waals surface area contributed by atoms with Gasteiger partial charge in [0.15, 0.2) is 5.82 Å². The van der Waals surface area contributed by atoms with Crippen molar-refractivity contribution in [1.29, 1.82) is 0 Å². The molecule has 0 amide bonds. The third kappa shape index (κ3) is 1.87. The second-order valence-corrected chi connectivity index (χ2v) is 9.18. The van der Waals surface area contributed by atoms with E-state index in [0.717, 1.165) is 49.6 Å². The van der Waals surface area contributed by atoms with E-state index >= 15 is 0 Å². The van der Waals surface area contributed by atoms with Crippen LogP contribution >= 0.6 is 0 Å². The van der Waals surface area contributed by atoms with E-state index in [4.69, 9.17) is 0 Å². The summed E-state index contributed by atoms with van der Waals surface area (Å²) in [6, 6.07) is 1.77. The summed E-state index contributed by atoms with van der Waals surface area (Å²) in [6.45, 7) is 6.32. The Labute approximate surface area is 148 Å². The van der Waals surface area contributed by atoms with Crippen LogP contribution in [0, 0.1) is 30.0 Å². The fourth-order valence-electron chi connectivity index (χ4n) is 6.64. The maximum atomic E-state index is 14.7. The lowest BCUT2D eigenvalue weighted by atomic mass is 9.53. The Morgan fingerprint density at radius 1 is 1.24 bits per heavy atom. The van der Waals surface area contributed by atoms with Gasteiger partial charge in [0.05, 0.1) is 5.60 Å². The van der Waals surface area contributed by atoms with Gasteiger partial charge >= 0.3 is 0 Å². The summed E-state index contributed by atoms with van der Waals surface area (Å²) in [7, 11) is 0. The Morgan fingerprint density at radius 3 is 2.84 bits per heavy atom. The molecule has 0 saturated heterocycles. The van der Waals surface area contributed by atoms with E-state index < -0.39 is 5.60 Å². The molecular formula is C21H27FN2O. The summed E-state index contributed by atoms with van der Waals surface area (Å²) in [5.41, 5.74) is 3.48. The second-order valence-electron chi connectivity index (χ2n) is 9.18. The fourth-order valence-corrected chi connectivity index (χ4v) is 6.64. The number of H-pyrrole nitrogens is 1. The number of hydrogen-bond donors (Lipinski definition) is 2. The number of aryl methyl sites for hydroxylation is 2. The molecule has 5 rings (SSSR count). The molecular weight excluding hydrogens is 315 g/mol. The van der Waals surface area contributed by atoms with Crippen LogP contribution in [0.25, 0.3) is 10.9 Å². The zero-order valence-corrected chi connectivity index (χ0v) is 15.3. The quantitative estimate of drug-likeness (QED) is 0.734. The Hall–Kier alpha value is -1.42. The predicted octanol–water partition coefficient (Wildman–Crippen LogP) is 4.62. The van der Waals surface area contributed by atoms with Crippen molar-refractivity contribution >= 4 is 10.9 Å². The van der Waals surface area contributed by atoms with Crippen LogP contribution in [0.4, 0.5) is 4.39 Å². The van der Waals surface area contributed by atoms with E-state index in [9.17, 15) is 9.50 Å². The Kier molecular flexibility index (Phi) is 3.06. The molecule has 3 unspecified atom stereocenters. The highest BCUT2D eigenvalue weighted by Crippen LogP contribution is 2.64. The van der Waals surface area contributed by atoms with E-state index in [1.807, 2.05) is 13.8 Å². The molecule has 2 fully saturated rings. The summed E-state index contributed by atoms with van der Waals surface area (Å²) < 4.78 is 14.7. The standard InChI is InChI=1S/C21H27FN2O/c1-11-18-14-5-4-13-12(15(14)10-17(22)19(18)24-23-11)6-8-20(2)16(13)7-9-21(20,3)25/h10,12-13,16,25H,4-9H2,1-3H3,(H,23,24)/t12?,13?,16?,20-,21-/m0/s1. The van der Waals surface area contributed by atoms with E-state index in [0.29, 0.717) is 23.3 Å². The molecule has 0 aliphatic heterocycles. The van der Waals surface area contributed by atoms with Gasteiger partial charge in [-0.05, 0) is 92.7 Å². The largest absolute Gasteiger partial charge is 0.390 e. The lowest BCUT2D eigenvalue weighted by Crippen LogP contribution is -2.49. The number of halogens is 1. The van der Waals surface area contributed by atoms with Crippen LogP contribution in [0.1, 0.15) is 68.7 Å². The molecule has 1 aromatic carbocycles. The highest BCUT2D eigenvalue weighted by Gasteiger charge is 2.59. The van der Waals surface area contributed by atoms with Crippen molar-refractivity contribution in [2.75, 3.05) is 0 Å². The minimum atomic E-state index is -0.556. The van der Waals surface area contributed by atoms with Gasteiger partial charge in [0.25, 0.3) is 0 Å². The highest BCUT2D eigenvalue weighted by molar-refractivity contribution is 5.87. The average molecular weight is 342 g/mol. The number of aromatic nitrogens is 2. The summed E-state index contributed by atoms with van der Waals surface area (Å²) >= 11 is 0. The number of aliphatic hydroxyl groups is 1. The number of nitrogens with one attached hydrogen (secondary N) is 1. The molecule has 0 spiro atoms. The van der Waals surface area contributed by atoms with Gasteiger partial charge in [-0.15, -0.1) is 0 Å². The SMILES string of the molecule is Cc1[nH]nc2c(F)cc3c(c12)CCC1C3CC[C@@]2(C)C1CC[C@]2(C)O. The fraction of sp³-hybridized carbons (Fsp3) is 0.667. The van der Waals surface area contributed by atoms with E-state index in [1.54, 1.807) is 6.07 Å². The van der Waals surface area contributed by atoms with Crippen molar-refractivity contribution in [2.45, 2.75) is 70.8 Å². The van der Waals surface area contributed by atoms with Crippen LogP contribution in [0.3, 0.4) is 0 Å². The molecule has 0 bridgehead atoms. The first kappa shape index (κ1) is 15.8. The predicted molar refractivity (Wildman–Crippen MR) is 96.0 cm³/mol. The molecule has 134 valence electrons. The van der Waals surface area contributed by atoms with Gasteiger partial charge in [-0.25, -0.2) is 4.39 Å². The molecule has 3 aliphatic rings. The molecule has 0 radical (unpaired) electrons. The van der Waals surface area contributed by atoms with Crippen LogP contribution in [-0.2, 0) is 6.42 Å². The topological polar surface area (TPSA) is 48.9 Å². The first-order valence-corrected chi connectivity index (χ1v) is 9.72. The van der Waals surface area contributed by atoms with Crippen molar-refractivity contribution in [2.24, 2.45) is 17.3 Å². The van der Waals surface area contributed by atoms with Gasteiger partial charge in [-0.2, -0.15) is 5.10 Å². The summed E-state index contributed by atoms with van der Waals surface area (Å²) in [5, 5.41) is 19.1. The average Bonchev–Trinajstić information content (AvgIpc) is 3.06. The molecule has 1 aromatic heterocycles. The van der Waals surface area contributed by atoms with E-state index in [1.165, 1.54) is 11.1 Å². The van der Waals surface area contributed by atoms with Gasteiger partial charge < -0.3 is 5.11 Å². The molecule has 1 heterocycles. The first-order valence-electron chi connectivity index (χ1n) is 9.72. The lowest BCUT2D eigenvalue weighted by Gasteiger charge is -2.52. The summed E-state index contributed by atoms with van der Waals surface area (Å²) in [5.74, 6) is 1.37. The lowest BCUT2D eigenvalue weighted by molar-refractivity contribution is -0.0901. The molecule has 5 atom stereocenters. The van der Waals surface area contributed by atoms with Gasteiger partial charge in [0, 0.05) is 11.1 Å². The van der Waals surface area contributed by atoms with Crippen LogP contribution < -0.4 is 0 Å². The number of nitrogens with zero attached hydrogens (tertiary/aromatic N) is 1. The van der Waals surface area contributed by atoms with Crippen LogP contribution in [0.2, 0.25) is 0 Å². The molecule has 3 aliphatic carbocycles. The molecule has 2 N–H and O–H groups in total. The van der Waals surface area contributed by atoms with Gasteiger partial charge in [0.2, 0.25) is 0 Å². The van der Waals surface area contributed by atoms with Crippen molar-refractivity contribution in [3.05, 3.63) is 28.7 Å². The molecule has 3 nitrogen and oxygen atoms in total. The first-order chi connectivity index (χ1) is 11.8. The minimum Gasteiger partial charge on any atom is -0.390 e. The monoisotopic (exact) mass is 342 g/mol. The third-order valence-corrected chi connectivity index (χ3v) is 8.23. The van der Waals surface area contributed by atoms with Crippen LogP contribution in [-0.4, -0.2) is 20.9 Å². The zero-order valence-electron chi connectivity index (χ0n) is 15.3. The third-order valence-electron chi connectivity index (χ3n) is 8.23. The van der Waals surface area contributed by atoms with Gasteiger partial charge in [-0.3, -0.25) is 5.10 Å². The van der Waals surface area contributed by atoms with Crippen molar-refractivity contribution in [3.8, 4) is 0 Å². The number of hydrogen-bond acceptors (Lipinski definition) is 2. The van der Waals surface area contributed by atoms with Crippen molar-refractivity contribution in [1.82, 2.24) is 10.2 Å². The Bertz CT molecular complexity index is 870. The summed E-state index contributed by atoms with van der Waals surface area (Å²) in [6.07, 6.45) is 6.26. The normalized spacial score (nSPS) is 40.0. The smallest absolute Gasteiger partial charge is 0.151 e. The number of rotatable bonds is 0. The van der Waals surface area contributed by atoms with Crippen LogP contribution in [0.15, 0.2) is 6.07 Å². The minimum absolute atomic E-state index is 0.0138. The van der Waals surface area contributed by atoms with Crippen molar-refractivity contribution in [3.63, 3.8) is 0 Å². The molecule has 25 heavy (non-hydrogen) atoms. The zero-order chi connectivity index (χ0) is 17.6. The van der Waals surface area contributed by atoms with E-state index in [2.05, 4.69) is 17.1 Å². The Morgan fingerprint density at radius 2 is 2.04 bits per heavy atom. The molecule has 2 saturated carbocycles.